The Balaban J connectivity index is 0.000000463. The van der Waals surface area contributed by atoms with Gasteiger partial charge in [0.05, 0.1) is 14.7 Å². The van der Waals surface area contributed by atoms with E-state index in [4.69, 9.17) is 13.0 Å². The fourth-order valence-corrected chi connectivity index (χ4v) is 2.82. The summed E-state index contributed by atoms with van der Waals surface area (Å²) >= 11 is 0. The molecule has 0 heterocycles. The molecular formula is C12H10ClNO7S2. The summed E-state index contributed by atoms with van der Waals surface area (Å²) < 4.78 is 49.5. The average molecular weight is 380 g/mol. The minimum atomic E-state index is -4.19. The Morgan fingerprint density at radius 1 is 0.913 bits per heavy atom. The van der Waals surface area contributed by atoms with E-state index in [9.17, 15) is 18.5 Å². The lowest BCUT2D eigenvalue weighted by Crippen LogP contribution is -2.02. The molecule has 124 valence electrons. The molecule has 0 bridgehead atoms. The number of rotatable bonds is 3. The zero-order chi connectivity index (χ0) is 17.7. The number of non-ortho nitro benzene ring substituents is 1. The summed E-state index contributed by atoms with van der Waals surface area (Å²) in [6.45, 7) is 0. The molecule has 0 aromatic heterocycles. The van der Waals surface area contributed by atoms with E-state index >= 15 is 0 Å². The molecule has 2 aromatic rings. The summed E-state index contributed by atoms with van der Waals surface area (Å²) in [5.74, 6) is 0. The van der Waals surface area contributed by atoms with Crippen LogP contribution in [-0.4, -0.2) is 26.3 Å². The van der Waals surface area contributed by atoms with Crippen LogP contribution in [-0.2, 0) is 19.2 Å². The maximum Gasteiger partial charge on any atom is 0.353 e. The highest BCUT2D eigenvalue weighted by molar-refractivity contribution is 8.09. The molecule has 2 rings (SSSR count). The second kappa shape index (κ2) is 7.51. The highest BCUT2D eigenvalue weighted by Gasteiger charge is 2.19. The van der Waals surface area contributed by atoms with Crippen molar-refractivity contribution in [2.45, 2.75) is 9.79 Å². The molecule has 11 heteroatoms. The van der Waals surface area contributed by atoms with E-state index in [2.05, 4.69) is 10.7 Å². The second-order valence-corrected chi connectivity index (χ2v) is 7.93. The van der Waals surface area contributed by atoms with E-state index in [1.165, 1.54) is 30.3 Å². The Kier molecular flexibility index (Phi) is 6.21. The van der Waals surface area contributed by atoms with E-state index in [-0.39, 0.29) is 15.5 Å². The van der Waals surface area contributed by atoms with Crippen LogP contribution in [0.4, 0.5) is 5.69 Å². The van der Waals surface area contributed by atoms with Gasteiger partial charge >= 0.3 is 9.33 Å². The lowest BCUT2D eigenvalue weighted by Gasteiger charge is -2.03. The topological polar surface area (TPSA) is 132 Å². The number of hydrogen-bond donors (Lipinski definition) is 1. The molecule has 23 heavy (non-hydrogen) atoms. The first-order chi connectivity index (χ1) is 10.5. The van der Waals surface area contributed by atoms with Crippen molar-refractivity contribution in [3.8, 4) is 0 Å². The minimum absolute atomic E-state index is 0.0806. The van der Waals surface area contributed by atoms with Crippen molar-refractivity contribution >= 4 is 35.5 Å². The fraction of sp³-hybridized carbons (Fsp3) is 0. The summed E-state index contributed by atoms with van der Waals surface area (Å²) in [5.41, 5.74) is -0.244. The van der Waals surface area contributed by atoms with Crippen molar-refractivity contribution in [1.29, 1.82) is 0 Å². The highest BCUT2D eigenvalue weighted by Crippen LogP contribution is 2.23. The van der Waals surface area contributed by atoms with Crippen molar-refractivity contribution in [3.63, 3.8) is 0 Å². The number of benzene rings is 2. The molecule has 8 nitrogen and oxygen atoms in total. The van der Waals surface area contributed by atoms with Crippen molar-refractivity contribution in [2.75, 3.05) is 0 Å². The molecule has 0 fully saturated rings. The predicted molar refractivity (Wildman–Crippen MR) is 82.4 cm³/mol. The quantitative estimate of drug-likeness (QED) is 0.375. The van der Waals surface area contributed by atoms with Crippen LogP contribution in [0.25, 0.3) is 0 Å². The SMILES string of the molecule is O=S(=O)(O)Cl.O=[N+]([O-])c1cccc(S(=O)(=O)c2ccccc2)c1. The molecule has 0 atom stereocenters. The number of halogens is 1. The zero-order valence-electron chi connectivity index (χ0n) is 11.2. The summed E-state index contributed by atoms with van der Waals surface area (Å²) in [6.07, 6.45) is 0. The standard InChI is InChI=1S/C12H9NO4S.ClHO3S/c14-13(15)10-5-4-8-12(9-10)18(16,17)11-6-2-1-3-7-11;1-5(2,3)4/h1-9H;(H,2,3,4). The van der Waals surface area contributed by atoms with Gasteiger partial charge in [-0.15, -0.1) is 0 Å². The largest absolute Gasteiger partial charge is 0.353 e. The first-order valence-corrected chi connectivity index (χ1v) is 9.48. The predicted octanol–water partition coefficient (Wildman–Crippen LogP) is 2.46. The van der Waals surface area contributed by atoms with Gasteiger partial charge < -0.3 is 0 Å². The summed E-state index contributed by atoms with van der Waals surface area (Å²) in [4.78, 5) is 10.0. The third-order valence-corrected chi connectivity index (χ3v) is 4.16. The summed E-state index contributed by atoms with van der Waals surface area (Å²) in [7, 11) is -3.84. The molecule has 2 aromatic carbocycles. The van der Waals surface area contributed by atoms with Crippen LogP contribution >= 0.6 is 10.7 Å². The Morgan fingerprint density at radius 2 is 1.39 bits per heavy atom. The first-order valence-electron chi connectivity index (χ1n) is 5.73. The molecule has 0 aliphatic heterocycles. The number of hydrogen-bond acceptors (Lipinski definition) is 6. The first kappa shape index (κ1) is 19.0. The van der Waals surface area contributed by atoms with Crippen LogP contribution in [0, 0.1) is 10.1 Å². The van der Waals surface area contributed by atoms with E-state index in [0.29, 0.717) is 0 Å². The summed E-state index contributed by atoms with van der Waals surface area (Å²) in [6, 6.07) is 12.8. The maximum atomic E-state index is 12.2. The van der Waals surface area contributed by atoms with Gasteiger partial charge in [0.2, 0.25) is 9.84 Å². The number of nitro groups is 1. The molecule has 0 spiro atoms. The van der Waals surface area contributed by atoms with E-state index < -0.39 is 24.1 Å². The molecule has 0 aliphatic rings. The van der Waals surface area contributed by atoms with Crippen LogP contribution < -0.4 is 0 Å². The van der Waals surface area contributed by atoms with E-state index in [0.717, 1.165) is 6.07 Å². The maximum absolute atomic E-state index is 12.2. The third kappa shape index (κ3) is 6.32. The van der Waals surface area contributed by atoms with Gasteiger partial charge in [-0.1, -0.05) is 24.3 Å². The van der Waals surface area contributed by atoms with Gasteiger partial charge in [0.25, 0.3) is 5.69 Å². The normalized spacial score (nSPS) is 11.2. The molecule has 0 unspecified atom stereocenters. The van der Waals surface area contributed by atoms with Gasteiger partial charge in [-0.3, -0.25) is 14.7 Å². The van der Waals surface area contributed by atoms with Gasteiger partial charge in [0, 0.05) is 22.8 Å². The monoisotopic (exact) mass is 379 g/mol. The van der Waals surface area contributed by atoms with Gasteiger partial charge in [0.1, 0.15) is 0 Å². The molecule has 0 saturated heterocycles. The zero-order valence-corrected chi connectivity index (χ0v) is 13.6. The lowest BCUT2D eigenvalue weighted by molar-refractivity contribution is -0.385. The molecule has 0 aliphatic carbocycles. The van der Waals surface area contributed by atoms with Crippen molar-refractivity contribution in [1.82, 2.24) is 0 Å². The van der Waals surface area contributed by atoms with E-state index in [1.54, 1.807) is 18.2 Å². The van der Waals surface area contributed by atoms with Gasteiger partial charge in [-0.2, -0.15) is 8.42 Å². The molecule has 0 radical (unpaired) electrons. The Morgan fingerprint density at radius 3 is 1.87 bits per heavy atom. The van der Waals surface area contributed by atoms with Gasteiger partial charge in [-0.05, 0) is 18.2 Å². The van der Waals surface area contributed by atoms with Crippen LogP contribution in [0.3, 0.4) is 0 Å². The van der Waals surface area contributed by atoms with Crippen molar-refractivity contribution in [3.05, 3.63) is 64.7 Å². The lowest BCUT2D eigenvalue weighted by atomic mass is 10.3. The molecule has 0 saturated carbocycles. The fourth-order valence-electron chi connectivity index (χ4n) is 1.50. The van der Waals surface area contributed by atoms with Crippen LogP contribution in [0.5, 0.6) is 0 Å². The van der Waals surface area contributed by atoms with E-state index in [1.807, 2.05) is 0 Å². The molecular weight excluding hydrogens is 370 g/mol. The molecule has 1 N–H and O–H groups in total. The van der Waals surface area contributed by atoms with Gasteiger partial charge in [0.15, 0.2) is 0 Å². The smallest absolute Gasteiger partial charge is 0.273 e. The Hall–Kier alpha value is -2.01. The Labute approximate surface area is 136 Å². The van der Waals surface area contributed by atoms with Gasteiger partial charge in [-0.25, -0.2) is 8.42 Å². The summed E-state index contributed by atoms with van der Waals surface area (Å²) in [5, 5.41) is 10.6. The van der Waals surface area contributed by atoms with Crippen LogP contribution in [0.2, 0.25) is 0 Å². The van der Waals surface area contributed by atoms with Crippen LogP contribution in [0.15, 0.2) is 64.4 Å². The van der Waals surface area contributed by atoms with Crippen LogP contribution in [0.1, 0.15) is 0 Å². The number of sulfone groups is 1. The number of nitrogens with zero attached hydrogens (tertiary/aromatic N) is 1. The van der Waals surface area contributed by atoms with Crippen molar-refractivity contribution in [2.24, 2.45) is 0 Å². The molecule has 0 amide bonds. The average Bonchev–Trinajstić information content (AvgIpc) is 2.46. The number of nitro benzene ring substituents is 1. The highest BCUT2D eigenvalue weighted by atomic mass is 35.7. The third-order valence-electron chi connectivity index (χ3n) is 2.39. The van der Waals surface area contributed by atoms with Crippen molar-refractivity contribution < 1.29 is 26.3 Å². The minimum Gasteiger partial charge on any atom is -0.273 e. The Bertz CT molecular complexity index is 888. The second-order valence-electron chi connectivity index (χ2n) is 3.98.